The van der Waals surface area contributed by atoms with Gasteiger partial charge >= 0.3 is 0 Å². The number of fused-ring (bicyclic) bond motifs is 1. The number of imidazole rings is 1. The zero-order valence-electron chi connectivity index (χ0n) is 15.2. The summed E-state index contributed by atoms with van der Waals surface area (Å²) in [5.41, 5.74) is 2.91. The first-order chi connectivity index (χ1) is 13.5. The van der Waals surface area contributed by atoms with Gasteiger partial charge in [-0.1, -0.05) is 18.2 Å². The molecule has 7 heteroatoms. The number of aromatic nitrogens is 2. The van der Waals surface area contributed by atoms with E-state index in [1.54, 1.807) is 30.3 Å². The van der Waals surface area contributed by atoms with Crippen molar-refractivity contribution in [2.75, 3.05) is 11.3 Å². The third kappa shape index (κ3) is 3.70. The second-order valence-corrected chi connectivity index (χ2v) is 7.87. The third-order valence-electron chi connectivity index (χ3n) is 4.22. The van der Waals surface area contributed by atoms with Crippen LogP contribution in [0.1, 0.15) is 6.92 Å². The molecule has 0 bridgehead atoms. The maximum atomic E-state index is 12.7. The lowest BCUT2D eigenvalue weighted by molar-refractivity contribution is 0.340. The summed E-state index contributed by atoms with van der Waals surface area (Å²) in [7, 11) is -3.70. The van der Waals surface area contributed by atoms with Crippen LogP contribution in [-0.2, 0) is 10.0 Å². The van der Waals surface area contributed by atoms with Gasteiger partial charge in [-0.05, 0) is 55.5 Å². The van der Waals surface area contributed by atoms with Crippen molar-refractivity contribution in [2.45, 2.75) is 11.8 Å². The molecule has 0 aliphatic carbocycles. The van der Waals surface area contributed by atoms with Crippen molar-refractivity contribution >= 4 is 21.4 Å². The average Bonchev–Trinajstić information content (AvgIpc) is 3.13. The maximum Gasteiger partial charge on any atom is 0.261 e. The second kappa shape index (κ2) is 7.36. The van der Waals surface area contributed by atoms with Crippen molar-refractivity contribution in [3.05, 3.63) is 79.1 Å². The quantitative estimate of drug-likeness (QED) is 0.533. The van der Waals surface area contributed by atoms with Crippen molar-refractivity contribution < 1.29 is 13.2 Å². The smallest absolute Gasteiger partial charge is 0.261 e. The summed E-state index contributed by atoms with van der Waals surface area (Å²) in [6.07, 6.45) is 3.83. The van der Waals surface area contributed by atoms with E-state index in [4.69, 9.17) is 4.74 Å². The van der Waals surface area contributed by atoms with Crippen LogP contribution in [0.25, 0.3) is 16.9 Å². The zero-order chi connectivity index (χ0) is 19.6. The Hall–Kier alpha value is -3.32. The van der Waals surface area contributed by atoms with Gasteiger partial charge in [-0.15, -0.1) is 0 Å². The van der Waals surface area contributed by atoms with Gasteiger partial charge in [0.1, 0.15) is 11.4 Å². The third-order valence-corrected chi connectivity index (χ3v) is 5.62. The Bertz CT molecular complexity index is 1180. The van der Waals surface area contributed by atoms with Crippen LogP contribution in [0.3, 0.4) is 0 Å². The van der Waals surface area contributed by atoms with Crippen molar-refractivity contribution in [1.29, 1.82) is 0 Å². The maximum absolute atomic E-state index is 12.7. The number of hydrogen-bond acceptors (Lipinski definition) is 4. The lowest BCUT2D eigenvalue weighted by Crippen LogP contribution is -2.12. The van der Waals surface area contributed by atoms with E-state index in [1.807, 2.05) is 48.0 Å². The summed E-state index contributed by atoms with van der Waals surface area (Å²) in [5.74, 6) is 0.635. The molecule has 6 nitrogen and oxygen atoms in total. The standard InChI is InChI=1S/C21H19N3O3S/c1-2-27-18-9-11-19(12-10-18)28(25,26)23-17-7-5-6-16(14-17)20-15-24-13-4-3-8-21(24)22-20/h3-15,23H,2H2,1H3. The fourth-order valence-corrected chi connectivity index (χ4v) is 3.96. The number of benzene rings is 2. The van der Waals surface area contributed by atoms with Crippen molar-refractivity contribution in [1.82, 2.24) is 9.38 Å². The Kier molecular flexibility index (Phi) is 4.75. The van der Waals surface area contributed by atoms with Gasteiger partial charge in [0.15, 0.2) is 0 Å². The fraction of sp³-hybridized carbons (Fsp3) is 0.0952. The Balaban J connectivity index is 1.60. The van der Waals surface area contributed by atoms with Gasteiger partial charge in [-0.3, -0.25) is 4.72 Å². The molecule has 0 fully saturated rings. The Labute approximate surface area is 163 Å². The van der Waals surface area contributed by atoms with Crippen LogP contribution in [-0.4, -0.2) is 24.4 Å². The number of pyridine rings is 1. The number of nitrogens with zero attached hydrogens (tertiary/aromatic N) is 2. The van der Waals surface area contributed by atoms with Crippen LogP contribution in [0.5, 0.6) is 5.75 Å². The second-order valence-electron chi connectivity index (χ2n) is 6.18. The summed E-state index contributed by atoms with van der Waals surface area (Å²) in [5, 5.41) is 0. The number of rotatable bonds is 6. The largest absolute Gasteiger partial charge is 0.494 e. The van der Waals surface area contributed by atoms with Crippen LogP contribution in [0, 0.1) is 0 Å². The molecule has 0 unspecified atom stereocenters. The molecule has 0 saturated carbocycles. The molecule has 0 amide bonds. The minimum absolute atomic E-state index is 0.175. The molecule has 0 aliphatic rings. The monoisotopic (exact) mass is 393 g/mol. The van der Waals surface area contributed by atoms with E-state index in [-0.39, 0.29) is 4.90 Å². The van der Waals surface area contributed by atoms with E-state index < -0.39 is 10.0 Å². The van der Waals surface area contributed by atoms with Crippen LogP contribution >= 0.6 is 0 Å². The molecule has 2 aromatic heterocycles. The lowest BCUT2D eigenvalue weighted by Gasteiger charge is -2.10. The molecule has 142 valence electrons. The highest BCUT2D eigenvalue weighted by molar-refractivity contribution is 7.92. The molecule has 0 saturated heterocycles. The molecule has 0 atom stereocenters. The van der Waals surface area contributed by atoms with Gasteiger partial charge in [-0.2, -0.15) is 0 Å². The molecule has 28 heavy (non-hydrogen) atoms. The van der Waals surface area contributed by atoms with Crippen molar-refractivity contribution in [2.24, 2.45) is 0 Å². The molecule has 4 aromatic rings. The minimum atomic E-state index is -3.70. The number of anilines is 1. The minimum Gasteiger partial charge on any atom is -0.494 e. The number of ether oxygens (including phenoxy) is 1. The van der Waals surface area contributed by atoms with E-state index in [2.05, 4.69) is 9.71 Å². The first-order valence-corrected chi connectivity index (χ1v) is 10.3. The molecule has 0 radical (unpaired) electrons. The van der Waals surface area contributed by atoms with Crippen LogP contribution in [0.15, 0.2) is 84.0 Å². The van der Waals surface area contributed by atoms with Gasteiger partial charge in [0.2, 0.25) is 0 Å². The van der Waals surface area contributed by atoms with Gasteiger partial charge in [0, 0.05) is 23.6 Å². The van der Waals surface area contributed by atoms with Crippen molar-refractivity contribution in [3.63, 3.8) is 0 Å². The summed E-state index contributed by atoms with van der Waals surface area (Å²) in [6.45, 7) is 2.41. The van der Waals surface area contributed by atoms with Crippen molar-refractivity contribution in [3.8, 4) is 17.0 Å². The number of sulfonamides is 1. The molecule has 2 heterocycles. The number of hydrogen-bond donors (Lipinski definition) is 1. The van der Waals surface area contributed by atoms with Crippen LogP contribution < -0.4 is 9.46 Å². The highest BCUT2D eigenvalue weighted by atomic mass is 32.2. The molecule has 2 aromatic carbocycles. The molecule has 0 spiro atoms. The first kappa shape index (κ1) is 18.1. The summed E-state index contributed by atoms with van der Waals surface area (Å²) >= 11 is 0. The Morgan fingerprint density at radius 1 is 1.04 bits per heavy atom. The van der Waals surface area contributed by atoms with Gasteiger partial charge in [0.05, 0.1) is 17.2 Å². The molecule has 0 aliphatic heterocycles. The van der Waals surface area contributed by atoms with Crippen LogP contribution in [0.4, 0.5) is 5.69 Å². The first-order valence-electron chi connectivity index (χ1n) is 8.85. The fourth-order valence-electron chi connectivity index (χ4n) is 2.91. The summed E-state index contributed by atoms with van der Waals surface area (Å²) in [4.78, 5) is 4.75. The molecule has 1 N–H and O–H groups in total. The van der Waals surface area contributed by atoms with Gasteiger partial charge < -0.3 is 9.14 Å². The SMILES string of the molecule is CCOc1ccc(S(=O)(=O)Nc2cccc(-c3cn4ccccc4n3)c2)cc1. The van der Waals surface area contributed by atoms with E-state index >= 15 is 0 Å². The van der Waals surface area contributed by atoms with Gasteiger partial charge in [0.25, 0.3) is 10.0 Å². The normalized spacial score (nSPS) is 11.5. The highest BCUT2D eigenvalue weighted by Crippen LogP contribution is 2.25. The predicted octanol–water partition coefficient (Wildman–Crippen LogP) is 4.20. The lowest BCUT2D eigenvalue weighted by atomic mass is 10.1. The highest BCUT2D eigenvalue weighted by Gasteiger charge is 2.15. The van der Waals surface area contributed by atoms with E-state index in [1.165, 1.54) is 12.1 Å². The van der Waals surface area contributed by atoms with E-state index in [0.717, 1.165) is 16.9 Å². The number of nitrogens with one attached hydrogen (secondary N) is 1. The predicted molar refractivity (Wildman–Crippen MR) is 109 cm³/mol. The average molecular weight is 393 g/mol. The Morgan fingerprint density at radius 2 is 1.86 bits per heavy atom. The molecular formula is C21H19N3O3S. The molecule has 4 rings (SSSR count). The van der Waals surface area contributed by atoms with Gasteiger partial charge in [-0.25, -0.2) is 13.4 Å². The topological polar surface area (TPSA) is 72.7 Å². The van der Waals surface area contributed by atoms with E-state index in [0.29, 0.717) is 18.0 Å². The van der Waals surface area contributed by atoms with E-state index in [9.17, 15) is 8.42 Å². The zero-order valence-corrected chi connectivity index (χ0v) is 16.1. The summed E-state index contributed by atoms with van der Waals surface area (Å²) < 4.78 is 35.3. The Morgan fingerprint density at radius 3 is 2.61 bits per heavy atom. The van der Waals surface area contributed by atoms with Crippen LogP contribution in [0.2, 0.25) is 0 Å². The molecular weight excluding hydrogens is 374 g/mol. The summed E-state index contributed by atoms with van der Waals surface area (Å²) in [6, 6.07) is 19.3.